The van der Waals surface area contributed by atoms with E-state index < -0.39 is 0 Å². The second kappa shape index (κ2) is 5.68. The Morgan fingerprint density at radius 3 is 3.11 bits per heavy atom. The van der Waals surface area contributed by atoms with Crippen molar-refractivity contribution in [3.05, 3.63) is 42.1 Å². The van der Waals surface area contributed by atoms with Gasteiger partial charge >= 0.3 is 0 Å². The van der Waals surface area contributed by atoms with Crippen LogP contribution in [-0.2, 0) is 4.74 Å². The number of aromatic nitrogens is 1. The first-order chi connectivity index (χ1) is 9.33. The topological polar surface area (TPSA) is 48.1 Å². The van der Waals surface area contributed by atoms with Crippen LogP contribution in [0.1, 0.15) is 37.3 Å². The van der Waals surface area contributed by atoms with Crippen molar-refractivity contribution in [2.24, 2.45) is 5.73 Å². The predicted octanol–water partition coefficient (Wildman–Crippen LogP) is 3.19. The molecule has 1 saturated heterocycles. The van der Waals surface area contributed by atoms with Gasteiger partial charge in [-0.05, 0) is 43.4 Å². The van der Waals surface area contributed by atoms with Crippen molar-refractivity contribution in [1.29, 1.82) is 0 Å². The number of rotatable bonds is 4. The summed E-state index contributed by atoms with van der Waals surface area (Å²) in [4.78, 5) is 4.47. The first-order valence-corrected chi connectivity index (χ1v) is 7.05. The molecule has 3 rings (SSSR count). The zero-order valence-electron chi connectivity index (χ0n) is 11.1. The lowest BCUT2D eigenvalue weighted by Crippen LogP contribution is -2.14. The Labute approximate surface area is 113 Å². The van der Waals surface area contributed by atoms with Crippen molar-refractivity contribution in [2.75, 3.05) is 6.61 Å². The van der Waals surface area contributed by atoms with Gasteiger partial charge < -0.3 is 10.5 Å². The maximum Gasteiger partial charge on any atom is 0.0702 e. The van der Waals surface area contributed by atoms with Crippen molar-refractivity contribution in [1.82, 2.24) is 4.98 Å². The normalized spacial score (nSPS) is 20.8. The van der Waals surface area contributed by atoms with Gasteiger partial charge in [-0.1, -0.05) is 18.2 Å². The van der Waals surface area contributed by atoms with Gasteiger partial charge in [0.1, 0.15) is 0 Å². The van der Waals surface area contributed by atoms with Crippen molar-refractivity contribution in [3.8, 4) is 0 Å². The SMILES string of the molecule is NC(CCC1CCCO1)c1cnc2ccccc2c1. The molecule has 2 heterocycles. The van der Waals surface area contributed by atoms with E-state index in [4.69, 9.17) is 10.5 Å². The second-order valence-corrected chi connectivity index (χ2v) is 5.28. The van der Waals surface area contributed by atoms with Gasteiger partial charge in [-0.2, -0.15) is 0 Å². The van der Waals surface area contributed by atoms with Crippen LogP contribution in [-0.4, -0.2) is 17.7 Å². The number of ether oxygens (including phenoxy) is 1. The van der Waals surface area contributed by atoms with Crippen LogP contribution in [0, 0.1) is 0 Å². The highest BCUT2D eigenvalue weighted by Crippen LogP contribution is 2.23. The van der Waals surface area contributed by atoms with Crippen LogP contribution in [0.25, 0.3) is 10.9 Å². The summed E-state index contributed by atoms with van der Waals surface area (Å²) in [7, 11) is 0. The fourth-order valence-electron chi connectivity index (χ4n) is 2.69. The zero-order valence-corrected chi connectivity index (χ0v) is 11.1. The van der Waals surface area contributed by atoms with E-state index in [2.05, 4.69) is 17.1 Å². The number of fused-ring (bicyclic) bond motifs is 1. The van der Waals surface area contributed by atoms with Crippen LogP contribution >= 0.6 is 0 Å². The molecule has 0 aliphatic carbocycles. The van der Waals surface area contributed by atoms with Gasteiger partial charge in [0, 0.05) is 24.2 Å². The van der Waals surface area contributed by atoms with E-state index in [1.807, 2.05) is 24.4 Å². The number of nitrogens with two attached hydrogens (primary N) is 1. The Hall–Kier alpha value is -1.45. The highest BCUT2D eigenvalue weighted by Gasteiger charge is 2.17. The molecule has 0 spiro atoms. The Kier molecular flexibility index (Phi) is 3.76. The van der Waals surface area contributed by atoms with E-state index in [0.717, 1.165) is 35.9 Å². The molecule has 0 radical (unpaired) electrons. The van der Waals surface area contributed by atoms with Crippen LogP contribution < -0.4 is 5.73 Å². The summed E-state index contributed by atoms with van der Waals surface area (Å²) in [6, 6.07) is 10.4. The van der Waals surface area contributed by atoms with Gasteiger partial charge in [0.15, 0.2) is 0 Å². The lowest BCUT2D eigenvalue weighted by Gasteiger charge is -2.15. The maximum atomic E-state index is 6.27. The Bertz CT molecular complexity index is 549. The van der Waals surface area contributed by atoms with Crippen molar-refractivity contribution in [3.63, 3.8) is 0 Å². The smallest absolute Gasteiger partial charge is 0.0702 e. The van der Waals surface area contributed by atoms with Crippen LogP contribution in [0.4, 0.5) is 0 Å². The molecule has 0 saturated carbocycles. The van der Waals surface area contributed by atoms with Crippen molar-refractivity contribution < 1.29 is 4.74 Å². The summed E-state index contributed by atoms with van der Waals surface area (Å²) in [6.07, 6.45) is 6.71. The van der Waals surface area contributed by atoms with Crippen LogP contribution in [0.2, 0.25) is 0 Å². The average molecular weight is 256 g/mol. The Morgan fingerprint density at radius 1 is 1.37 bits per heavy atom. The molecule has 3 nitrogen and oxygen atoms in total. The number of hydrogen-bond acceptors (Lipinski definition) is 3. The third-order valence-corrected chi connectivity index (χ3v) is 3.86. The summed E-state index contributed by atoms with van der Waals surface area (Å²) < 4.78 is 5.64. The molecule has 2 unspecified atom stereocenters. The van der Waals surface area contributed by atoms with Crippen LogP contribution in [0.15, 0.2) is 36.5 Å². The van der Waals surface area contributed by atoms with Gasteiger partial charge in [0.05, 0.1) is 11.6 Å². The molecule has 2 atom stereocenters. The molecule has 19 heavy (non-hydrogen) atoms. The van der Waals surface area contributed by atoms with Crippen molar-refractivity contribution in [2.45, 2.75) is 37.8 Å². The molecule has 3 heteroatoms. The van der Waals surface area contributed by atoms with Gasteiger partial charge in [0.25, 0.3) is 0 Å². The number of benzene rings is 1. The van der Waals surface area contributed by atoms with Crippen LogP contribution in [0.3, 0.4) is 0 Å². The van der Waals surface area contributed by atoms with Crippen molar-refractivity contribution >= 4 is 10.9 Å². The molecule has 0 amide bonds. The minimum absolute atomic E-state index is 0.0568. The molecule has 0 bridgehead atoms. The largest absolute Gasteiger partial charge is 0.378 e. The molecule has 2 N–H and O–H groups in total. The molecule has 1 aliphatic rings. The molecular formula is C16H20N2O. The first-order valence-electron chi connectivity index (χ1n) is 7.05. The molecule has 1 aromatic heterocycles. The molecule has 100 valence electrons. The van der Waals surface area contributed by atoms with E-state index in [1.54, 1.807) is 0 Å². The average Bonchev–Trinajstić information content (AvgIpc) is 2.97. The van der Waals surface area contributed by atoms with Gasteiger partial charge in [0.2, 0.25) is 0 Å². The number of nitrogens with zero attached hydrogens (tertiary/aromatic N) is 1. The molecule has 1 aromatic carbocycles. The summed E-state index contributed by atoms with van der Waals surface area (Å²) in [5.74, 6) is 0. The fraction of sp³-hybridized carbons (Fsp3) is 0.438. The fourth-order valence-corrected chi connectivity index (χ4v) is 2.69. The van der Waals surface area contributed by atoms with E-state index in [1.165, 1.54) is 12.8 Å². The first kappa shape index (κ1) is 12.6. The summed E-state index contributed by atoms with van der Waals surface area (Å²) >= 11 is 0. The van der Waals surface area contributed by atoms with E-state index in [-0.39, 0.29) is 6.04 Å². The third-order valence-electron chi connectivity index (χ3n) is 3.86. The number of pyridine rings is 1. The highest BCUT2D eigenvalue weighted by molar-refractivity contribution is 5.78. The zero-order chi connectivity index (χ0) is 13.1. The number of hydrogen-bond donors (Lipinski definition) is 1. The molecule has 1 aliphatic heterocycles. The Morgan fingerprint density at radius 2 is 2.26 bits per heavy atom. The molecule has 1 fully saturated rings. The van der Waals surface area contributed by atoms with Crippen LogP contribution in [0.5, 0.6) is 0 Å². The maximum absolute atomic E-state index is 6.27. The monoisotopic (exact) mass is 256 g/mol. The number of para-hydroxylation sites is 1. The highest BCUT2D eigenvalue weighted by atomic mass is 16.5. The Balaban J connectivity index is 1.68. The molecule has 2 aromatic rings. The van der Waals surface area contributed by atoms with Gasteiger partial charge in [-0.25, -0.2) is 0 Å². The summed E-state index contributed by atoms with van der Waals surface area (Å²) in [5, 5.41) is 1.16. The summed E-state index contributed by atoms with van der Waals surface area (Å²) in [6.45, 7) is 0.914. The lowest BCUT2D eigenvalue weighted by molar-refractivity contribution is 0.101. The molecular weight excluding hydrogens is 236 g/mol. The minimum Gasteiger partial charge on any atom is -0.378 e. The van der Waals surface area contributed by atoms with Gasteiger partial charge in [-0.3, -0.25) is 4.98 Å². The predicted molar refractivity (Wildman–Crippen MR) is 76.9 cm³/mol. The quantitative estimate of drug-likeness (QED) is 0.913. The van der Waals surface area contributed by atoms with E-state index >= 15 is 0 Å². The third kappa shape index (κ3) is 2.94. The summed E-state index contributed by atoms with van der Waals surface area (Å²) in [5.41, 5.74) is 8.42. The van der Waals surface area contributed by atoms with Gasteiger partial charge in [-0.15, -0.1) is 0 Å². The van der Waals surface area contributed by atoms with E-state index in [9.17, 15) is 0 Å². The second-order valence-electron chi connectivity index (χ2n) is 5.28. The lowest BCUT2D eigenvalue weighted by atomic mass is 10.0. The van der Waals surface area contributed by atoms with E-state index in [0.29, 0.717) is 6.10 Å². The standard InChI is InChI=1S/C16H20N2O/c17-15(8-7-14-5-3-9-19-14)13-10-12-4-1-2-6-16(12)18-11-13/h1-2,4,6,10-11,14-15H,3,5,7-9,17H2. The minimum atomic E-state index is 0.0568.